The number of aryl methyl sites for hydroxylation is 2. The van der Waals surface area contributed by atoms with Gasteiger partial charge < -0.3 is 14.5 Å². The van der Waals surface area contributed by atoms with Crippen LogP contribution in [-0.2, 0) is 19.0 Å². The fourth-order valence-corrected chi connectivity index (χ4v) is 5.38. The SMILES string of the molecule is Cc1nc([C@]2(c3cnn(C)c3)N[C@H](c3ncc(-c4ccc(F)cc4)[nH]3)Cc3c2[nH]c2ccccc32)no1. The molecular weight excluding hydrogens is 471 g/mol. The summed E-state index contributed by atoms with van der Waals surface area (Å²) in [6.45, 7) is 1.78. The van der Waals surface area contributed by atoms with Crippen LogP contribution >= 0.6 is 0 Å². The molecule has 7 rings (SSSR count). The highest BCUT2D eigenvalue weighted by atomic mass is 19.1. The minimum Gasteiger partial charge on any atom is -0.356 e. The average Bonchev–Trinajstić information content (AvgIpc) is 3.70. The first-order valence-corrected chi connectivity index (χ1v) is 12.0. The van der Waals surface area contributed by atoms with E-state index in [0.717, 1.165) is 44.8 Å². The topological polar surface area (TPSA) is 113 Å². The third kappa shape index (κ3) is 3.33. The molecule has 6 aromatic rings. The number of benzene rings is 2. The van der Waals surface area contributed by atoms with E-state index < -0.39 is 5.54 Å². The second-order valence-corrected chi connectivity index (χ2v) is 9.40. The normalized spacial score (nSPS) is 19.4. The van der Waals surface area contributed by atoms with Gasteiger partial charge in [-0.25, -0.2) is 9.37 Å². The highest BCUT2D eigenvalue weighted by Crippen LogP contribution is 2.45. The van der Waals surface area contributed by atoms with Crippen LogP contribution in [0.1, 0.15) is 40.4 Å². The molecule has 0 amide bonds. The first-order chi connectivity index (χ1) is 18.0. The molecule has 0 unspecified atom stereocenters. The van der Waals surface area contributed by atoms with E-state index in [0.29, 0.717) is 18.1 Å². The third-order valence-electron chi connectivity index (χ3n) is 7.07. The van der Waals surface area contributed by atoms with Crippen molar-refractivity contribution < 1.29 is 8.91 Å². The molecule has 0 aliphatic carbocycles. The number of para-hydroxylation sites is 1. The molecule has 37 heavy (non-hydrogen) atoms. The van der Waals surface area contributed by atoms with Gasteiger partial charge in [0.2, 0.25) is 11.7 Å². The van der Waals surface area contributed by atoms with Gasteiger partial charge in [-0.3, -0.25) is 10.00 Å². The quantitative estimate of drug-likeness (QED) is 0.337. The van der Waals surface area contributed by atoms with Crippen LogP contribution in [0.15, 0.2) is 71.6 Å². The summed E-state index contributed by atoms with van der Waals surface area (Å²) >= 11 is 0. The van der Waals surface area contributed by atoms with Gasteiger partial charge in [0.15, 0.2) is 5.54 Å². The van der Waals surface area contributed by atoms with Gasteiger partial charge in [0.05, 0.1) is 29.8 Å². The first-order valence-electron chi connectivity index (χ1n) is 12.0. The number of hydrogen-bond acceptors (Lipinski definition) is 6. The van der Waals surface area contributed by atoms with Gasteiger partial charge in [-0.05, 0) is 47.9 Å². The van der Waals surface area contributed by atoms with Crippen LogP contribution in [0, 0.1) is 12.7 Å². The van der Waals surface area contributed by atoms with E-state index in [-0.39, 0.29) is 11.9 Å². The van der Waals surface area contributed by atoms with E-state index in [2.05, 4.69) is 42.7 Å². The number of nitrogens with one attached hydrogen (secondary N) is 3. The molecule has 3 N–H and O–H groups in total. The standard InChI is InChI=1S/C27H23FN8O/c1-15-31-26(35-37-15)27(17-12-30-36(2)14-17)24-20(19-5-3-4-6-21(19)32-24)11-22(34-27)25-29-13-23(33-25)16-7-9-18(28)10-8-16/h3-10,12-14,22,32,34H,11H2,1-2H3,(H,29,33)/t22-,27+/m0/s1. The number of aromatic amines is 2. The van der Waals surface area contributed by atoms with Crippen molar-refractivity contribution in [2.24, 2.45) is 7.05 Å². The van der Waals surface area contributed by atoms with Gasteiger partial charge >= 0.3 is 0 Å². The summed E-state index contributed by atoms with van der Waals surface area (Å²) in [6, 6.07) is 14.4. The van der Waals surface area contributed by atoms with E-state index in [4.69, 9.17) is 9.51 Å². The van der Waals surface area contributed by atoms with Gasteiger partial charge in [0, 0.05) is 36.6 Å². The van der Waals surface area contributed by atoms with Gasteiger partial charge in [-0.2, -0.15) is 10.1 Å². The predicted molar refractivity (Wildman–Crippen MR) is 134 cm³/mol. The maximum Gasteiger partial charge on any atom is 0.223 e. The smallest absolute Gasteiger partial charge is 0.223 e. The number of rotatable bonds is 4. The van der Waals surface area contributed by atoms with Crippen molar-refractivity contribution in [1.82, 2.24) is 40.2 Å². The summed E-state index contributed by atoms with van der Waals surface area (Å²) < 4.78 is 20.7. The van der Waals surface area contributed by atoms with Crippen LogP contribution in [-0.4, -0.2) is 34.9 Å². The highest BCUT2D eigenvalue weighted by molar-refractivity contribution is 5.86. The number of aromatic nitrogens is 7. The summed E-state index contributed by atoms with van der Waals surface area (Å²) in [5.74, 6) is 1.43. The Morgan fingerprint density at radius 3 is 2.68 bits per heavy atom. The summed E-state index contributed by atoms with van der Waals surface area (Å²) in [6.07, 6.45) is 6.23. The molecule has 5 heterocycles. The van der Waals surface area contributed by atoms with Crippen molar-refractivity contribution in [2.45, 2.75) is 24.9 Å². The Morgan fingerprint density at radius 2 is 1.92 bits per heavy atom. The molecule has 2 aromatic carbocycles. The molecule has 1 aliphatic heterocycles. The molecule has 0 radical (unpaired) electrons. The third-order valence-corrected chi connectivity index (χ3v) is 7.07. The molecule has 10 heteroatoms. The fraction of sp³-hybridized carbons (Fsp3) is 0.185. The van der Waals surface area contributed by atoms with E-state index in [1.54, 1.807) is 29.9 Å². The second kappa shape index (κ2) is 7.97. The van der Waals surface area contributed by atoms with Crippen LogP contribution in [0.25, 0.3) is 22.2 Å². The van der Waals surface area contributed by atoms with Crippen molar-refractivity contribution in [3.8, 4) is 11.3 Å². The monoisotopic (exact) mass is 494 g/mol. The van der Waals surface area contributed by atoms with E-state index in [9.17, 15) is 4.39 Å². The average molecular weight is 495 g/mol. The van der Waals surface area contributed by atoms with E-state index in [1.807, 2.05) is 31.6 Å². The Balaban J connectivity index is 1.44. The molecule has 1 aliphatic rings. The lowest BCUT2D eigenvalue weighted by molar-refractivity contribution is 0.317. The van der Waals surface area contributed by atoms with Crippen molar-refractivity contribution >= 4 is 10.9 Å². The van der Waals surface area contributed by atoms with Gasteiger partial charge in [-0.15, -0.1) is 0 Å². The van der Waals surface area contributed by atoms with Crippen molar-refractivity contribution in [3.63, 3.8) is 0 Å². The molecule has 0 spiro atoms. The summed E-state index contributed by atoms with van der Waals surface area (Å²) in [7, 11) is 1.88. The Bertz CT molecular complexity index is 1700. The molecule has 0 bridgehead atoms. The minimum absolute atomic E-state index is 0.222. The zero-order valence-corrected chi connectivity index (χ0v) is 20.2. The number of H-pyrrole nitrogens is 2. The molecule has 184 valence electrons. The minimum atomic E-state index is -0.966. The fourth-order valence-electron chi connectivity index (χ4n) is 5.38. The molecular formula is C27H23FN8O. The van der Waals surface area contributed by atoms with Gasteiger partial charge in [-0.1, -0.05) is 23.4 Å². The number of hydrogen-bond donors (Lipinski definition) is 3. The molecule has 9 nitrogen and oxygen atoms in total. The summed E-state index contributed by atoms with van der Waals surface area (Å²) in [5.41, 5.74) is 4.69. The van der Waals surface area contributed by atoms with Crippen LogP contribution in [0.5, 0.6) is 0 Å². The van der Waals surface area contributed by atoms with Crippen molar-refractivity contribution in [2.75, 3.05) is 0 Å². The van der Waals surface area contributed by atoms with Crippen LogP contribution in [0.2, 0.25) is 0 Å². The predicted octanol–water partition coefficient (Wildman–Crippen LogP) is 4.30. The van der Waals surface area contributed by atoms with E-state index >= 15 is 0 Å². The Labute approximate surface area is 210 Å². The first kappa shape index (κ1) is 21.7. The summed E-state index contributed by atoms with van der Waals surface area (Å²) in [5, 5.41) is 13.8. The summed E-state index contributed by atoms with van der Waals surface area (Å²) in [4.78, 5) is 16.5. The maximum absolute atomic E-state index is 13.5. The lowest BCUT2D eigenvalue weighted by Crippen LogP contribution is -2.51. The van der Waals surface area contributed by atoms with Crippen LogP contribution in [0.4, 0.5) is 4.39 Å². The second-order valence-electron chi connectivity index (χ2n) is 9.40. The number of fused-ring (bicyclic) bond motifs is 3. The molecule has 4 aromatic heterocycles. The Kier molecular flexibility index (Phi) is 4.67. The Morgan fingerprint density at radius 1 is 1.08 bits per heavy atom. The lowest BCUT2D eigenvalue weighted by atomic mass is 9.79. The van der Waals surface area contributed by atoms with Gasteiger partial charge in [0.25, 0.3) is 0 Å². The Hall–Kier alpha value is -4.57. The maximum atomic E-state index is 13.5. The molecule has 0 saturated carbocycles. The van der Waals surface area contributed by atoms with Crippen molar-refractivity contribution in [1.29, 1.82) is 0 Å². The molecule has 2 atom stereocenters. The van der Waals surface area contributed by atoms with Gasteiger partial charge in [0.1, 0.15) is 11.6 Å². The number of imidazole rings is 1. The lowest BCUT2D eigenvalue weighted by Gasteiger charge is -2.39. The van der Waals surface area contributed by atoms with Crippen LogP contribution in [0.3, 0.4) is 0 Å². The largest absolute Gasteiger partial charge is 0.356 e. The zero-order valence-electron chi connectivity index (χ0n) is 20.2. The highest BCUT2D eigenvalue weighted by Gasteiger charge is 2.50. The van der Waals surface area contributed by atoms with Crippen molar-refractivity contribution in [3.05, 3.63) is 107 Å². The molecule has 0 fully saturated rings. The zero-order chi connectivity index (χ0) is 25.1. The number of halogens is 1. The molecule has 0 saturated heterocycles. The number of nitrogens with zero attached hydrogens (tertiary/aromatic N) is 5. The van der Waals surface area contributed by atoms with E-state index in [1.165, 1.54) is 12.1 Å². The van der Waals surface area contributed by atoms with Crippen LogP contribution < -0.4 is 5.32 Å².